The van der Waals surface area contributed by atoms with Crippen LogP contribution >= 0.6 is 0 Å². The fourth-order valence-corrected chi connectivity index (χ4v) is 2.05. The Hall–Kier alpha value is -1.67. The van der Waals surface area contributed by atoms with Crippen molar-refractivity contribution < 1.29 is 9.50 Å². The van der Waals surface area contributed by atoms with Crippen LogP contribution in [0.4, 0.5) is 4.39 Å². The molecule has 0 amide bonds. The lowest BCUT2D eigenvalue weighted by Gasteiger charge is -2.10. The summed E-state index contributed by atoms with van der Waals surface area (Å²) in [5.41, 5.74) is 5.13. The van der Waals surface area contributed by atoms with Crippen LogP contribution in [0.5, 0.6) is 0 Å². The molecule has 1 N–H and O–H groups in total. The molecule has 88 valence electrons. The van der Waals surface area contributed by atoms with Crippen molar-refractivity contribution in [3.63, 3.8) is 0 Å². The summed E-state index contributed by atoms with van der Waals surface area (Å²) in [4.78, 5) is 0. The molecule has 0 bridgehead atoms. The van der Waals surface area contributed by atoms with Crippen molar-refractivity contribution in [2.45, 2.75) is 20.5 Å². The summed E-state index contributed by atoms with van der Waals surface area (Å²) in [6.45, 7) is 4.01. The van der Waals surface area contributed by atoms with E-state index in [0.717, 1.165) is 27.8 Å². The van der Waals surface area contributed by atoms with Gasteiger partial charge in [0.1, 0.15) is 5.82 Å². The van der Waals surface area contributed by atoms with Gasteiger partial charge >= 0.3 is 0 Å². The van der Waals surface area contributed by atoms with Gasteiger partial charge in [-0.3, -0.25) is 0 Å². The average Bonchev–Trinajstić information content (AvgIpc) is 2.29. The molecule has 0 atom stereocenters. The predicted molar refractivity (Wildman–Crippen MR) is 67.2 cm³/mol. The Kier molecular flexibility index (Phi) is 3.25. The van der Waals surface area contributed by atoms with Crippen LogP contribution in [-0.4, -0.2) is 5.11 Å². The highest BCUT2D eigenvalue weighted by atomic mass is 19.1. The summed E-state index contributed by atoms with van der Waals surface area (Å²) in [7, 11) is 0. The third-order valence-electron chi connectivity index (χ3n) is 3.03. The van der Waals surface area contributed by atoms with Crippen LogP contribution in [0.2, 0.25) is 0 Å². The molecule has 0 saturated carbocycles. The van der Waals surface area contributed by atoms with E-state index in [-0.39, 0.29) is 12.4 Å². The van der Waals surface area contributed by atoms with Crippen LogP contribution in [0, 0.1) is 19.7 Å². The minimum absolute atomic E-state index is 0.0569. The zero-order valence-corrected chi connectivity index (χ0v) is 10.00. The van der Waals surface area contributed by atoms with E-state index in [1.54, 1.807) is 12.1 Å². The highest BCUT2D eigenvalue weighted by molar-refractivity contribution is 5.66. The molecule has 0 fully saturated rings. The van der Waals surface area contributed by atoms with Crippen LogP contribution in [0.1, 0.15) is 16.7 Å². The Bertz CT molecular complexity index is 506. The molecule has 2 aromatic rings. The number of hydrogen-bond donors (Lipinski definition) is 1. The summed E-state index contributed by atoms with van der Waals surface area (Å²) in [6.07, 6.45) is 0. The third-order valence-corrected chi connectivity index (χ3v) is 3.03. The maximum Gasteiger partial charge on any atom is 0.123 e. The van der Waals surface area contributed by atoms with Gasteiger partial charge in [0, 0.05) is 0 Å². The first-order chi connectivity index (χ1) is 8.11. The standard InChI is InChI=1S/C15H15FO/c1-10-7-13(8-11(2)15(10)9-17)12-3-5-14(16)6-4-12/h3-8,17H,9H2,1-2H3. The highest BCUT2D eigenvalue weighted by Crippen LogP contribution is 2.25. The Morgan fingerprint density at radius 2 is 1.47 bits per heavy atom. The smallest absolute Gasteiger partial charge is 0.123 e. The summed E-state index contributed by atoms with van der Waals surface area (Å²) >= 11 is 0. The van der Waals surface area contributed by atoms with Gasteiger partial charge in [-0.2, -0.15) is 0 Å². The van der Waals surface area contributed by atoms with Crippen LogP contribution in [-0.2, 0) is 6.61 Å². The maximum absolute atomic E-state index is 12.8. The lowest BCUT2D eigenvalue weighted by molar-refractivity contribution is 0.280. The second-order valence-electron chi connectivity index (χ2n) is 4.25. The quantitative estimate of drug-likeness (QED) is 0.835. The molecule has 0 aliphatic carbocycles. The van der Waals surface area contributed by atoms with Crippen molar-refractivity contribution in [1.29, 1.82) is 0 Å². The Morgan fingerprint density at radius 3 is 1.94 bits per heavy atom. The van der Waals surface area contributed by atoms with Gasteiger partial charge in [0.25, 0.3) is 0 Å². The van der Waals surface area contributed by atoms with Gasteiger partial charge in [-0.1, -0.05) is 24.3 Å². The zero-order valence-electron chi connectivity index (χ0n) is 10.00. The Labute approximate surface area is 101 Å². The molecule has 1 nitrogen and oxygen atoms in total. The summed E-state index contributed by atoms with van der Waals surface area (Å²) < 4.78 is 12.8. The molecule has 0 radical (unpaired) electrons. The normalized spacial score (nSPS) is 10.6. The van der Waals surface area contributed by atoms with E-state index in [2.05, 4.69) is 0 Å². The first-order valence-corrected chi connectivity index (χ1v) is 5.58. The van der Waals surface area contributed by atoms with E-state index in [1.165, 1.54) is 12.1 Å². The second-order valence-corrected chi connectivity index (χ2v) is 4.25. The molecule has 2 rings (SSSR count). The Balaban J connectivity index is 2.50. The average molecular weight is 230 g/mol. The molecule has 0 saturated heterocycles. The van der Waals surface area contributed by atoms with E-state index in [9.17, 15) is 9.50 Å². The van der Waals surface area contributed by atoms with E-state index in [0.29, 0.717) is 0 Å². The van der Waals surface area contributed by atoms with E-state index < -0.39 is 0 Å². The summed E-state index contributed by atoms with van der Waals surface area (Å²) in [5, 5.41) is 9.25. The van der Waals surface area contributed by atoms with Gasteiger partial charge in [0.2, 0.25) is 0 Å². The molecule has 0 aliphatic rings. The molecule has 17 heavy (non-hydrogen) atoms. The number of aliphatic hydroxyl groups is 1. The van der Waals surface area contributed by atoms with E-state index in [4.69, 9.17) is 0 Å². The van der Waals surface area contributed by atoms with E-state index in [1.807, 2.05) is 26.0 Å². The Morgan fingerprint density at radius 1 is 0.941 bits per heavy atom. The molecular formula is C15H15FO. The second kappa shape index (κ2) is 4.68. The number of benzene rings is 2. The number of rotatable bonds is 2. The zero-order chi connectivity index (χ0) is 12.4. The summed E-state index contributed by atoms with van der Waals surface area (Å²) in [6, 6.07) is 10.5. The first kappa shape index (κ1) is 11.8. The number of aryl methyl sites for hydroxylation is 2. The molecular weight excluding hydrogens is 215 g/mol. The monoisotopic (exact) mass is 230 g/mol. The van der Waals surface area contributed by atoms with Gasteiger partial charge in [0.15, 0.2) is 0 Å². The van der Waals surface area contributed by atoms with Crippen molar-refractivity contribution in [2.24, 2.45) is 0 Å². The van der Waals surface area contributed by atoms with Gasteiger partial charge in [0.05, 0.1) is 6.61 Å². The SMILES string of the molecule is Cc1cc(-c2ccc(F)cc2)cc(C)c1CO. The first-order valence-electron chi connectivity index (χ1n) is 5.58. The summed E-state index contributed by atoms with van der Waals surface area (Å²) in [5.74, 6) is -0.228. The lowest BCUT2D eigenvalue weighted by atomic mass is 9.96. The van der Waals surface area contributed by atoms with Crippen molar-refractivity contribution in [1.82, 2.24) is 0 Å². The van der Waals surface area contributed by atoms with Gasteiger partial charge in [-0.25, -0.2) is 4.39 Å². The molecule has 0 heterocycles. The number of aliphatic hydroxyl groups excluding tert-OH is 1. The molecule has 0 unspecified atom stereocenters. The molecule has 0 spiro atoms. The molecule has 2 heteroatoms. The minimum atomic E-state index is -0.228. The molecule has 0 aromatic heterocycles. The maximum atomic E-state index is 12.8. The number of halogens is 1. The molecule has 0 aliphatic heterocycles. The van der Waals surface area contributed by atoms with Crippen molar-refractivity contribution in [3.8, 4) is 11.1 Å². The van der Waals surface area contributed by atoms with Gasteiger partial charge in [-0.15, -0.1) is 0 Å². The van der Waals surface area contributed by atoms with Crippen molar-refractivity contribution in [3.05, 3.63) is 58.9 Å². The molecule has 2 aromatic carbocycles. The topological polar surface area (TPSA) is 20.2 Å². The number of hydrogen-bond acceptors (Lipinski definition) is 1. The minimum Gasteiger partial charge on any atom is -0.392 e. The van der Waals surface area contributed by atoms with Crippen LogP contribution < -0.4 is 0 Å². The lowest BCUT2D eigenvalue weighted by Crippen LogP contribution is -1.94. The van der Waals surface area contributed by atoms with Crippen LogP contribution in [0.25, 0.3) is 11.1 Å². The fourth-order valence-electron chi connectivity index (χ4n) is 2.05. The highest BCUT2D eigenvalue weighted by Gasteiger charge is 2.05. The van der Waals surface area contributed by atoms with Crippen LogP contribution in [0.15, 0.2) is 36.4 Å². The van der Waals surface area contributed by atoms with Gasteiger partial charge < -0.3 is 5.11 Å². The third kappa shape index (κ3) is 2.37. The van der Waals surface area contributed by atoms with E-state index >= 15 is 0 Å². The largest absolute Gasteiger partial charge is 0.392 e. The van der Waals surface area contributed by atoms with Crippen LogP contribution in [0.3, 0.4) is 0 Å². The predicted octanol–water partition coefficient (Wildman–Crippen LogP) is 3.60. The van der Waals surface area contributed by atoms with Crippen molar-refractivity contribution >= 4 is 0 Å². The van der Waals surface area contributed by atoms with Crippen molar-refractivity contribution in [2.75, 3.05) is 0 Å². The fraction of sp³-hybridized carbons (Fsp3) is 0.200. The van der Waals surface area contributed by atoms with Gasteiger partial charge in [-0.05, 0) is 53.8 Å².